The second-order valence-corrected chi connectivity index (χ2v) is 13.5. The quantitative estimate of drug-likeness (QED) is 0.200. The number of nitrogens with one attached hydrogen (secondary N) is 1. The Labute approximate surface area is 235 Å². The predicted molar refractivity (Wildman–Crippen MR) is 153 cm³/mol. The van der Waals surface area contributed by atoms with Crippen molar-refractivity contribution in [2.45, 2.75) is 89.9 Å². The lowest BCUT2D eigenvalue weighted by molar-refractivity contribution is -0.384. The molecule has 4 aliphatic rings. The summed E-state index contributed by atoms with van der Waals surface area (Å²) in [6.07, 6.45) is 10.7. The Kier molecular flexibility index (Phi) is 5.99. The number of nitro benzene ring substituents is 1. The molecule has 6 rings (SSSR count). The number of ether oxygens (including phenoxy) is 1. The van der Waals surface area contributed by atoms with Crippen LogP contribution in [0.5, 0.6) is 0 Å². The first-order valence-corrected chi connectivity index (χ1v) is 14.7. The molecule has 1 spiro atoms. The van der Waals surface area contributed by atoms with E-state index in [-0.39, 0.29) is 27.9 Å². The second kappa shape index (κ2) is 8.85. The topological polar surface area (TPSA) is 99.3 Å². The highest BCUT2D eigenvalue weighted by Gasteiger charge is 2.68. The van der Waals surface area contributed by atoms with E-state index in [1.54, 1.807) is 16.8 Å². The number of hydrogen-bond acceptors (Lipinski definition) is 6. The number of fused-ring (bicyclic) bond motifs is 5. The fourth-order valence-corrected chi connectivity index (χ4v) is 9.76. The van der Waals surface area contributed by atoms with E-state index in [1.165, 1.54) is 23.4 Å². The highest BCUT2D eigenvalue weighted by atomic mass is 32.1. The van der Waals surface area contributed by atoms with Crippen molar-refractivity contribution in [3.8, 4) is 0 Å². The van der Waals surface area contributed by atoms with Gasteiger partial charge >= 0.3 is 5.97 Å². The molecule has 2 bridgehead atoms. The van der Waals surface area contributed by atoms with Gasteiger partial charge in [0.25, 0.3) is 5.69 Å². The Bertz CT molecular complexity index is 1360. The van der Waals surface area contributed by atoms with E-state index in [2.05, 4.69) is 32.3 Å². The van der Waals surface area contributed by atoms with E-state index < -0.39 is 10.3 Å². The van der Waals surface area contributed by atoms with Gasteiger partial charge in [-0.15, -0.1) is 0 Å². The van der Waals surface area contributed by atoms with Crippen LogP contribution in [0.4, 0.5) is 11.4 Å². The van der Waals surface area contributed by atoms with Crippen LogP contribution in [0.1, 0.15) is 90.3 Å². The lowest BCUT2D eigenvalue weighted by Crippen LogP contribution is -2.60. The largest absolute Gasteiger partial charge is 0.466 e. The van der Waals surface area contributed by atoms with E-state index in [9.17, 15) is 14.9 Å². The van der Waals surface area contributed by atoms with Crippen LogP contribution in [-0.2, 0) is 20.4 Å². The molecule has 8 nitrogen and oxygen atoms in total. The first kappa shape index (κ1) is 26.4. The summed E-state index contributed by atoms with van der Waals surface area (Å²) >= 11 is 5.75. The molecule has 1 heterocycles. The molecule has 39 heavy (non-hydrogen) atoms. The van der Waals surface area contributed by atoms with Gasteiger partial charge in [0.05, 0.1) is 22.6 Å². The maximum Gasteiger partial charge on any atom is 0.312 e. The van der Waals surface area contributed by atoms with Gasteiger partial charge in [-0.05, 0) is 100 Å². The summed E-state index contributed by atoms with van der Waals surface area (Å²) < 4.78 is 7.43. The third-order valence-electron chi connectivity index (χ3n) is 11.1. The molecule has 3 fully saturated rings. The van der Waals surface area contributed by atoms with Crippen molar-refractivity contribution in [2.24, 2.45) is 22.7 Å². The first-order valence-electron chi connectivity index (χ1n) is 14.3. The van der Waals surface area contributed by atoms with Crippen LogP contribution in [0, 0.1) is 32.8 Å². The lowest BCUT2D eigenvalue weighted by atomic mass is 9.40. The van der Waals surface area contributed by atoms with E-state index in [1.807, 2.05) is 6.92 Å². The summed E-state index contributed by atoms with van der Waals surface area (Å²) in [6.45, 7) is 9.32. The minimum atomic E-state index is -0.423. The summed E-state index contributed by atoms with van der Waals surface area (Å²) in [5.74, 6) is 0.794. The number of hydrogen-bond donors (Lipinski definition) is 1. The number of benzene rings is 1. The third-order valence-corrected chi connectivity index (χ3v) is 11.4. The van der Waals surface area contributed by atoms with Crippen molar-refractivity contribution in [1.82, 2.24) is 9.78 Å². The summed E-state index contributed by atoms with van der Waals surface area (Å²) in [5.41, 5.74) is 2.95. The molecule has 0 unspecified atom stereocenters. The number of esters is 1. The van der Waals surface area contributed by atoms with E-state index in [0.29, 0.717) is 29.2 Å². The number of rotatable bonds is 4. The third kappa shape index (κ3) is 3.71. The highest BCUT2D eigenvalue weighted by Crippen LogP contribution is 2.72. The van der Waals surface area contributed by atoms with Gasteiger partial charge in [-0.25, -0.2) is 4.68 Å². The predicted octanol–water partition coefficient (Wildman–Crippen LogP) is 6.52. The molecule has 4 aliphatic carbocycles. The highest BCUT2D eigenvalue weighted by molar-refractivity contribution is 7.80. The van der Waals surface area contributed by atoms with Gasteiger partial charge in [0, 0.05) is 40.4 Å². The molecule has 1 aromatic heterocycles. The van der Waals surface area contributed by atoms with Gasteiger partial charge in [-0.3, -0.25) is 14.9 Å². The Balaban J connectivity index is 1.33. The molecule has 0 saturated heterocycles. The van der Waals surface area contributed by atoms with Crippen LogP contribution in [0.3, 0.4) is 0 Å². The van der Waals surface area contributed by atoms with Crippen LogP contribution in [0.15, 0.2) is 30.5 Å². The molecular formula is C30H38N4O4S. The van der Waals surface area contributed by atoms with E-state index in [0.717, 1.165) is 51.4 Å². The van der Waals surface area contributed by atoms with Gasteiger partial charge in [-0.2, -0.15) is 5.10 Å². The van der Waals surface area contributed by atoms with Crippen molar-refractivity contribution < 1.29 is 14.5 Å². The second-order valence-electron chi connectivity index (χ2n) is 13.1. The average molecular weight is 551 g/mol. The normalized spacial score (nSPS) is 36.3. The van der Waals surface area contributed by atoms with Gasteiger partial charge in [-0.1, -0.05) is 20.3 Å². The minimum Gasteiger partial charge on any atom is -0.466 e. The standard InChI is InChI=1S/C30H38N4O4S/c1-5-38-25(35)29(4)14-6-13-28(3)22(29)12-16-30-18-27(2,15-11-23(28)30)24-21(30)17-33(32-24)26(39)31-19-7-9-20(10-8-19)34(36)37/h7-10,17,22-23H,5-6,11-16,18H2,1-4H3,(H,31,39)/t22-,23-,27-,28+,29+,30+/m0/s1. The van der Waals surface area contributed by atoms with Crippen molar-refractivity contribution in [3.05, 3.63) is 51.8 Å². The van der Waals surface area contributed by atoms with Crippen LogP contribution in [0.2, 0.25) is 0 Å². The summed E-state index contributed by atoms with van der Waals surface area (Å²) in [5, 5.41) is 19.7. The van der Waals surface area contributed by atoms with E-state index >= 15 is 0 Å². The number of thiocarbonyl (C=S) groups is 1. The number of non-ortho nitro benzene ring substituents is 1. The zero-order valence-corrected chi connectivity index (χ0v) is 24.1. The molecule has 2 aromatic rings. The fraction of sp³-hybridized carbons (Fsp3) is 0.633. The Morgan fingerprint density at radius 3 is 2.56 bits per heavy atom. The maximum atomic E-state index is 13.3. The number of nitro groups is 1. The van der Waals surface area contributed by atoms with Crippen molar-refractivity contribution in [1.29, 1.82) is 0 Å². The monoisotopic (exact) mass is 550 g/mol. The minimum absolute atomic E-state index is 0.0138. The maximum absolute atomic E-state index is 13.3. The average Bonchev–Trinajstić information content (AvgIpc) is 3.42. The Morgan fingerprint density at radius 2 is 1.87 bits per heavy atom. The zero-order valence-electron chi connectivity index (χ0n) is 23.3. The van der Waals surface area contributed by atoms with Gasteiger partial charge in [0.1, 0.15) is 0 Å². The number of carbonyl (C=O) groups excluding carboxylic acids is 1. The SMILES string of the molecule is CCOC(=O)[C@]1(C)CCC[C@@]2(C)[C@@H]3CC[C@@]4(C)C[C@]3(CC[C@@H]21)c1cn(C(=S)Nc2ccc([N+](=O)[O-])cc2)nc14. The molecule has 3 saturated carbocycles. The van der Waals surface area contributed by atoms with Crippen LogP contribution in [0.25, 0.3) is 0 Å². The smallest absolute Gasteiger partial charge is 0.312 e. The summed E-state index contributed by atoms with van der Waals surface area (Å²) in [4.78, 5) is 23.9. The number of aromatic nitrogens is 2. The van der Waals surface area contributed by atoms with Gasteiger partial charge < -0.3 is 10.1 Å². The lowest BCUT2D eigenvalue weighted by Gasteiger charge is -2.64. The van der Waals surface area contributed by atoms with Crippen molar-refractivity contribution in [2.75, 3.05) is 11.9 Å². The van der Waals surface area contributed by atoms with E-state index in [4.69, 9.17) is 22.1 Å². The molecule has 6 atom stereocenters. The van der Waals surface area contributed by atoms with Crippen molar-refractivity contribution in [3.63, 3.8) is 0 Å². The van der Waals surface area contributed by atoms with Gasteiger partial charge in [0.2, 0.25) is 0 Å². The fourth-order valence-electron chi connectivity index (χ4n) is 9.55. The summed E-state index contributed by atoms with van der Waals surface area (Å²) in [6, 6.07) is 6.27. The number of anilines is 1. The first-order chi connectivity index (χ1) is 18.5. The molecule has 0 amide bonds. The molecule has 1 N–H and O–H groups in total. The zero-order chi connectivity index (χ0) is 27.8. The number of nitrogens with zero attached hydrogens (tertiary/aromatic N) is 3. The molecular weight excluding hydrogens is 512 g/mol. The van der Waals surface area contributed by atoms with Crippen LogP contribution >= 0.6 is 12.2 Å². The van der Waals surface area contributed by atoms with Crippen LogP contribution < -0.4 is 5.32 Å². The number of carbonyl (C=O) groups is 1. The molecule has 0 aliphatic heterocycles. The molecule has 0 radical (unpaired) electrons. The van der Waals surface area contributed by atoms with Gasteiger partial charge in [0.15, 0.2) is 5.11 Å². The summed E-state index contributed by atoms with van der Waals surface area (Å²) in [7, 11) is 0. The molecule has 208 valence electrons. The molecule has 9 heteroatoms. The van der Waals surface area contributed by atoms with Crippen molar-refractivity contribution >= 4 is 34.7 Å². The Hall–Kier alpha value is -2.81. The van der Waals surface area contributed by atoms with Crippen LogP contribution in [-0.4, -0.2) is 32.4 Å². The Morgan fingerprint density at radius 1 is 1.15 bits per heavy atom. The molecule has 1 aromatic carbocycles.